The molecule has 0 aliphatic carbocycles. The van der Waals surface area contributed by atoms with Crippen LogP contribution in [0, 0.1) is 10.1 Å². The van der Waals surface area contributed by atoms with Crippen molar-refractivity contribution >= 4 is 5.69 Å². The van der Waals surface area contributed by atoms with Crippen LogP contribution in [0.5, 0.6) is 17.4 Å². The van der Waals surface area contributed by atoms with Crippen LogP contribution in [0.25, 0.3) is 23.0 Å². The molecule has 0 amide bonds. The number of methoxy groups -OCH3 is 1. The molecule has 0 radical (unpaired) electrons. The lowest BCUT2D eigenvalue weighted by Crippen LogP contribution is -1.93. The van der Waals surface area contributed by atoms with Crippen molar-refractivity contribution in [3.05, 3.63) is 28.3 Å². The molecular weight excluding hydrogens is 322 g/mol. The molecule has 3 heterocycles. The number of fused-ring (bicyclic) bond motifs is 1. The van der Waals surface area contributed by atoms with Gasteiger partial charge in [-0.1, -0.05) is 0 Å². The quantitative estimate of drug-likeness (QED) is 0.559. The molecule has 0 atom stereocenters. The van der Waals surface area contributed by atoms with Gasteiger partial charge in [-0.3, -0.25) is 15.2 Å². The molecule has 2 aromatic heterocycles. The summed E-state index contributed by atoms with van der Waals surface area (Å²) in [7, 11) is 1.28. The highest BCUT2D eigenvalue weighted by molar-refractivity contribution is 5.68. The summed E-state index contributed by atoms with van der Waals surface area (Å²) in [5, 5.41) is 25.1. The fourth-order valence-corrected chi connectivity index (χ4v) is 2.25. The first kappa shape index (κ1) is 14.0. The van der Waals surface area contributed by atoms with Gasteiger partial charge in [0.25, 0.3) is 5.89 Å². The Morgan fingerprint density at radius 1 is 1.25 bits per heavy atom. The van der Waals surface area contributed by atoms with E-state index in [1.54, 1.807) is 18.2 Å². The summed E-state index contributed by atoms with van der Waals surface area (Å²) in [4.78, 5) is 10.5. The van der Waals surface area contributed by atoms with Crippen molar-refractivity contribution in [3.8, 4) is 40.4 Å². The molecule has 3 aromatic rings. The van der Waals surface area contributed by atoms with Gasteiger partial charge in [-0.25, -0.2) is 0 Å². The van der Waals surface area contributed by atoms with Crippen LogP contribution in [0.4, 0.5) is 5.69 Å². The minimum Gasteiger partial charge on any atom is -0.475 e. The number of nitro groups is 1. The maximum absolute atomic E-state index is 11.2. The van der Waals surface area contributed by atoms with Crippen LogP contribution < -0.4 is 14.2 Å². The van der Waals surface area contributed by atoms with Crippen molar-refractivity contribution in [2.24, 2.45) is 0 Å². The molecule has 24 heavy (non-hydrogen) atoms. The SMILES string of the molecule is COc1n[nH]c(-c2nnc(-c3ccc4c(c3)OCO4)o2)c1[N+](=O)[O-]. The molecule has 0 saturated carbocycles. The lowest BCUT2D eigenvalue weighted by Gasteiger charge is -1.97. The summed E-state index contributed by atoms with van der Waals surface area (Å²) in [6.45, 7) is 0.147. The van der Waals surface area contributed by atoms with E-state index in [2.05, 4.69) is 20.4 Å². The second-order valence-electron chi connectivity index (χ2n) is 4.69. The van der Waals surface area contributed by atoms with Crippen molar-refractivity contribution in [2.45, 2.75) is 0 Å². The summed E-state index contributed by atoms with van der Waals surface area (Å²) in [6, 6.07) is 5.11. The maximum Gasteiger partial charge on any atom is 0.362 e. The van der Waals surface area contributed by atoms with Gasteiger partial charge in [0, 0.05) is 5.56 Å². The van der Waals surface area contributed by atoms with Crippen LogP contribution in [0.15, 0.2) is 22.6 Å². The second kappa shape index (κ2) is 5.22. The standard InChI is InChI=1S/C13H9N5O6/c1-21-13-10(18(19)20)9(14-17-13)12-16-15-11(24-12)6-2-3-7-8(4-6)23-5-22-7/h2-4H,5H2,1H3,(H,14,17). The monoisotopic (exact) mass is 331 g/mol. The predicted molar refractivity (Wildman–Crippen MR) is 76.6 cm³/mol. The first-order chi connectivity index (χ1) is 11.7. The number of rotatable bonds is 4. The summed E-state index contributed by atoms with van der Waals surface area (Å²) in [6.07, 6.45) is 0. The number of ether oxygens (including phenoxy) is 3. The van der Waals surface area contributed by atoms with Gasteiger partial charge < -0.3 is 18.6 Å². The number of nitrogens with zero attached hydrogens (tertiary/aromatic N) is 4. The molecule has 1 aromatic carbocycles. The van der Waals surface area contributed by atoms with E-state index in [1.807, 2.05) is 0 Å². The summed E-state index contributed by atoms with van der Waals surface area (Å²) >= 11 is 0. The molecule has 0 unspecified atom stereocenters. The maximum atomic E-state index is 11.2. The Balaban J connectivity index is 1.73. The summed E-state index contributed by atoms with van der Waals surface area (Å²) < 4.78 is 20.9. The van der Waals surface area contributed by atoms with Gasteiger partial charge in [-0.2, -0.15) is 0 Å². The van der Waals surface area contributed by atoms with Crippen LogP contribution in [-0.2, 0) is 0 Å². The van der Waals surface area contributed by atoms with E-state index >= 15 is 0 Å². The lowest BCUT2D eigenvalue weighted by atomic mass is 10.2. The zero-order chi connectivity index (χ0) is 16.7. The third-order valence-electron chi connectivity index (χ3n) is 3.34. The topological polar surface area (TPSA) is 138 Å². The Morgan fingerprint density at radius 3 is 2.83 bits per heavy atom. The van der Waals surface area contributed by atoms with Crippen LogP contribution >= 0.6 is 0 Å². The first-order valence-corrected chi connectivity index (χ1v) is 6.68. The number of hydrogen-bond acceptors (Lipinski definition) is 9. The molecule has 1 N–H and O–H groups in total. The fraction of sp³-hybridized carbons (Fsp3) is 0.154. The van der Waals surface area contributed by atoms with Gasteiger partial charge in [-0.05, 0) is 18.2 Å². The van der Waals surface area contributed by atoms with Crippen LogP contribution in [0.1, 0.15) is 0 Å². The highest BCUT2D eigenvalue weighted by Gasteiger charge is 2.30. The van der Waals surface area contributed by atoms with Crippen molar-refractivity contribution < 1.29 is 23.6 Å². The zero-order valence-corrected chi connectivity index (χ0v) is 12.2. The van der Waals surface area contributed by atoms with Crippen LogP contribution in [0.2, 0.25) is 0 Å². The van der Waals surface area contributed by atoms with Crippen molar-refractivity contribution in [1.82, 2.24) is 20.4 Å². The Kier molecular flexibility index (Phi) is 3.05. The largest absolute Gasteiger partial charge is 0.475 e. The number of aromatic nitrogens is 4. The van der Waals surface area contributed by atoms with E-state index in [0.29, 0.717) is 17.1 Å². The average molecular weight is 331 g/mol. The normalized spacial score (nSPS) is 12.4. The van der Waals surface area contributed by atoms with Gasteiger partial charge in [0.05, 0.1) is 12.0 Å². The molecule has 122 valence electrons. The van der Waals surface area contributed by atoms with Crippen molar-refractivity contribution in [3.63, 3.8) is 0 Å². The molecule has 11 heteroatoms. The number of hydrogen-bond donors (Lipinski definition) is 1. The van der Waals surface area contributed by atoms with Gasteiger partial charge in [0.15, 0.2) is 11.5 Å². The molecule has 0 saturated heterocycles. The van der Waals surface area contributed by atoms with E-state index in [-0.39, 0.29) is 35.8 Å². The number of aromatic amines is 1. The van der Waals surface area contributed by atoms with Gasteiger partial charge in [-0.15, -0.1) is 15.3 Å². The second-order valence-corrected chi connectivity index (χ2v) is 4.69. The van der Waals surface area contributed by atoms with Crippen LogP contribution in [-0.4, -0.2) is 39.2 Å². The van der Waals surface area contributed by atoms with E-state index < -0.39 is 4.92 Å². The Bertz CT molecular complexity index is 933. The Labute approximate surface area is 133 Å². The lowest BCUT2D eigenvalue weighted by molar-refractivity contribution is -0.385. The third kappa shape index (κ3) is 2.10. The van der Waals surface area contributed by atoms with E-state index in [4.69, 9.17) is 18.6 Å². The van der Waals surface area contributed by atoms with E-state index in [1.165, 1.54) is 7.11 Å². The Morgan fingerprint density at radius 2 is 2.04 bits per heavy atom. The van der Waals surface area contributed by atoms with E-state index in [9.17, 15) is 10.1 Å². The van der Waals surface area contributed by atoms with Gasteiger partial charge in [0.1, 0.15) is 0 Å². The van der Waals surface area contributed by atoms with Crippen molar-refractivity contribution in [2.75, 3.05) is 13.9 Å². The number of benzene rings is 1. The fourth-order valence-electron chi connectivity index (χ4n) is 2.25. The molecular formula is C13H9N5O6. The minimum absolute atomic E-state index is 0.0312. The molecule has 0 bridgehead atoms. The highest BCUT2D eigenvalue weighted by atomic mass is 16.7. The molecule has 1 aliphatic heterocycles. The smallest absolute Gasteiger partial charge is 0.362 e. The molecule has 1 aliphatic rings. The molecule has 0 fully saturated rings. The van der Waals surface area contributed by atoms with E-state index in [0.717, 1.165) is 0 Å². The summed E-state index contributed by atoms with van der Waals surface area (Å²) in [5.41, 5.74) is 0.182. The predicted octanol–water partition coefficient (Wildman–Crippen LogP) is 1.77. The molecule has 11 nitrogen and oxygen atoms in total. The Hall–Kier alpha value is -3.63. The van der Waals surface area contributed by atoms with Gasteiger partial charge >= 0.3 is 11.6 Å². The molecule has 0 spiro atoms. The van der Waals surface area contributed by atoms with Crippen molar-refractivity contribution in [1.29, 1.82) is 0 Å². The first-order valence-electron chi connectivity index (χ1n) is 6.68. The number of nitrogens with one attached hydrogen (secondary N) is 1. The summed E-state index contributed by atoms with van der Waals surface area (Å²) in [5.74, 6) is 1.10. The van der Waals surface area contributed by atoms with Gasteiger partial charge in [0.2, 0.25) is 18.4 Å². The average Bonchev–Trinajstić information content (AvgIpc) is 3.31. The minimum atomic E-state index is -0.637. The molecule has 4 rings (SSSR count). The third-order valence-corrected chi connectivity index (χ3v) is 3.34. The van der Waals surface area contributed by atoms with Crippen LogP contribution in [0.3, 0.4) is 0 Å². The highest BCUT2D eigenvalue weighted by Crippen LogP contribution is 2.38. The zero-order valence-electron chi connectivity index (χ0n) is 12.2. The number of H-pyrrole nitrogens is 1.